The number of carbonyl (C=O) groups is 1. The second-order valence-electron chi connectivity index (χ2n) is 1.85. The summed E-state index contributed by atoms with van der Waals surface area (Å²) < 4.78 is 0. The first-order valence-electron chi connectivity index (χ1n) is 2.97. The van der Waals surface area contributed by atoms with Crippen LogP contribution in [-0.2, 0) is 4.79 Å². The summed E-state index contributed by atoms with van der Waals surface area (Å²) in [5, 5.41) is 24.2. The molecule has 0 bridgehead atoms. The van der Waals surface area contributed by atoms with Crippen LogP contribution in [0.4, 0.5) is 5.95 Å². The van der Waals surface area contributed by atoms with E-state index in [1.807, 2.05) is 0 Å². The van der Waals surface area contributed by atoms with Crippen molar-refractivity contribution in [1.82, 2.24) is 20.6 Å². The van der Waals surface area contributed by atoms with Crippen molar-refractivity contribution in [2.24, 2.45) is 5.10 Å². The van der Waals surface area contributed by atoms with Crippen LogP contribution >= 0.6 is 0 Å². The molecule has 0 radical (unpaired) electrons. The molecule has 0 aliphatic rings. The summed E-state index contributed by atoms with van der Waals surface area (Å²) in [6.45, 7) is 1.34. The number of hydrazone groups is 1. The van der Waals surface area contributed by atoms with Gasteiger partial charge in [0.1, 0.15) is 5.71 Å². The van der Waals surface area contributed by atoms with Crippen LogP contribution in [0.2, 0.25) is 0 Å². The third-order valence-corrected chi connectivity index (χ3v) is 0.978. The van der Waals surface area contributed by atoms with Crippen LogP contribution in [0.3, 0.4) is 0 Å². The van der Waals surface area contributed by atoms with Gasteiger partial charge in [-0.25, -0.2) is 10.2 Å². The zero-order valence-electron chi connectivity index (χ0n) is 6.14. The van der Waals surface area contributed by atoms with E-state index in [-0.39, 0.29) is 11.7 Å². The number of nitrogens with one attached hydrogen (secondary N) is 2. The highest BCUT2D eigenvalue weighted by atomic mass is 16.4. The normalized spacial score (nSPS) is 11.2. The molecule has 3 N–H and O–H groups in total. The van der Waals surface area contributed by atoms with Gasteiger partial charge in [-0.3, -0.25) is 0 Å². The minimum Gasteiger partial charge on any atom is -0.477 e. The molecule has 0 fully saturated rings. The van der Waals surface area contributed by atoms with Crippen LogP contribution in [0.5, 0.6) is 0 Å². The van der Waals surface area contributed by atoms with E-state index in [4.69, 9.17) is 5.11 Å². The summed E-state index contributed by atoms with van der Waals surface area (Å²) in [6, 6.07) is 0. The molecular formula is C4H6N6O2. The Morgan fingerprint density at radius 1 is 1.75 bits per heavy atom. The summed E-state index contributed by atoms with van der Waals surface area (Å²) in [7, 11) is 0. The van der Waals surface area contributed by atoms with Gasteiger partial charge in [-0.2, -0.15) is 10.3 Å². The maximum Gasteiger partial charge on any atom is 0.351 e. The van der Waals surface area contributed by atoms with Crippen LogP contribution < -0.4 is 5.43 Å². The lowest BCUT2D eigenvalue weighted by atomic mass is 10.4. The number of nitrogens with zero attached hydrogens (tertiary/aromatic N) is 4. The number of carboxylic acid groups (broad SMARTS) is 1. The molecule has 0 atom stereocenters. The lowest BCUT2D eigenvalue weighted by Crippen LogP contribution is -2.10. The molecule has 0 spiro atoms. The molecule has 0 aliphatic heterocycles. The number of carboxylic acids is 1. The van der Waals surface area contributed by atoms with Crippen LogP contribution in [0.1, 0.15) is 6.92 Å². The maximum atomic E-state index is 10.2. The first-order valence-corrected chi connectivity index (χ1v) is 2.97. The Morgan fingerprint density at radius 2 is 2.50 bits per heavy atom. The van der Waals surface area contributed by atoms with Crippen molar-refractivity contribution < 1.29 is 9.90 Å². The largest absolute Gasteiger partial charge is 0.477 e. The number of hydrogen-bond donors (Lipinski definition) is 3. The molecule has 8 nitrogen and oxygen atoms in total. The van der Waals surface area contributed by atoms with E-state index in [0.29, 0.717) is 0 Å². The summed E-state index contributed by atoms with van der Waals surface area (Å²) in [5.41, 5.74) is 2.21. The van der Waals surface area contributed by atoms with E-state index < -0.39 is 5.97 Å². The van der Waals surface area contributed by atoms with Gasteiger partial charge in [0.05, 0.1) is 0 Å². The number of aromatic amines is 1. The second kappa shape index (κ2) is 3.42. The smallest absolute Gasteiger partial charge is 0.351 e. The van der Waals surface area contributed by atoms with Crippen molar-refractivity contribution in [2.75, 3.05) is 5.43 Å². The third kappa shape index (κ3) is 2.01. The van der Waals surface area contributed by atoms with Gasteiger partial charge >= 0.3 is 5.97 Å². The molecule has 1 aromatic heterocycles. The molecule has 0 saturated carbocycles. The van der Waals surface area contributed by atoms with E-state index in [2.05, 4.69) is 31.2 Å². The molecule has 1 rings (SSSR count). The van der Waals surface area contributed by atoms with Crippen LogP contribution in [-0.4, -0.2) is 37.4 Å². The Morgan fingerprint density at radius 3 is 3.00 bits per heavy atom. The topological polar surface area (TPSA) is 116 Å². The number of H-pyrrole nitrogens is 1. The lowest BCUT2D eigenvalue weighted by molar-refractivity contribution is -0.129. The van der Waals surface area contributed by atoms with E-state index in [0.717, 1.165) is 0 Å². The molecule has 12 heavy (non-hydrogen) atoms. The zero-order chi connectivity index (χ0) is 8.97. The van der Waals surface area contributed by atoms with Gasteiger partial charge in [0.2, 0.25) is 0 Å². The van der Waals surface area contributed by atoms with E-state index in [9.17, 15) is 4.79 Å². The standard InChI is InChI=1S/C4H6N6O2/c1-2(3(11)12)5-6-4-7-9-10-8-4/h1H3,(H,11,12)(H2,6,7,8,9,10)/b5-2-. The minimum absolute atomic E-state index is 0.0835. The predicted molar refractivity (Wildman–Crippen MR) is 38.5 cm³/mol. The van der Waals surface area contributed by atoms with Crippen LogP contribution in [0, 0.1) is 0 Å². The molecule has 1 heterocycles. The molecular weight excluding hydrogens is 164 g/mol. The van der Waals surface area contributed by atoms with Crippen molar-refractivity contribution in [2.45, 2.75) is 6.92 Å². The molecule has 0 aliphatic carbocycles. The van der Waals surface area contributed by atoms with Crippen molar-refractivity contribution in [3.63, 3.8) is 0 Å². The fraction of sp³-hybridized carbons (Fsp3) is 0.250. The number of anilines is 1. The van der Waals surface area contributed by atoms with Crippen molar-refractivity contribution in [1.29, 1.82) is 0 Å². The maximum absolute atomic E-state index is 10.2. The molecule has 8 heteroatoms. The fourth-order valence-corrected chi connectivity index (χ4v) is 0.391. The van der Waals surface area contributed by atoms with Crippen LogP contribution in [0.25, 0.3) is 0 Å². The zero-order valence-corrected chi connectivity index (χ0v) is 6.14. The third-order valence-electron chi connectivity index (χ3n) is 0.978. The lowest BCUT2D eigenvalue weighted by Gasteiger charge is -1.91. The number of aromatic nitrogens is 4. The molecule has 64 valence electrons. The van der Waals surface area contributed by atoms with Crippen molar-refractivity contribution in [3.05, 3.63) is 0 Å². The first-order chi connectivity index (χ1) is 5.70. The highest BCUT2D eigenvalue weighted by molar-refractivity contribution is 6.34. The Balaban J connectivity index is 2.55. The molecule has 1 aromatic rings. The number of hydrogen-bond acceptors (Lipinski definition) is 6. The monoisotopic (exact) mass is 170 g/mol. The summed E-state index contributed by atoms with van der Waals surface area (Å²) in [4.78, 5) is 10.2. The Hall–Kier alpha value is -1.99. The Kier molecular flexibility index (Phi) is 2.31. The number of tetrazole rings is 1. The highest BCUT2D eigenvalue weighted by Gasteiger charge is 2.01. The van der Waals surface area contributed by atoms with Gasteiger partial charge in [-0.05, 0) is 12.1 Å². The van der Waals surface area contributed by atoms with Gasteiger partial charge in [0.15, 0.2) is 0 Å². The fourth-order valence-electron chi connectivity index (χ4n) is 0.391. The van der Waals surface area contributed by atoms with E-state index >= 15 is 0 Å². The summed E-state index contributed by atoms with van der Waals surface area (Å²) >= 11 is 0. The predicted octanol–water partition coefficient (Wildman–Crippen LogP) is -0.928. The Bertz CT molecular complexity index is 291. The average Bonchev–Trinajstić information content (AvgIpc) is 2.51. The SMILES string of the molecule is C/C(=N/Nc1nn[nH]n1)C(=O)O. The van der Waals surface area contributed by atoms with E-state index in [1.165, 1.54) is 6.92 Å². The average molecular weight is 170 g/mol. The summed E-state index contributed by atoms with van der Waals surface area (Å²) in [5.74, 6) is -0.985. The minimum atomic E-state index is -1.11. The molecule has 0 unspecified atom stereocenters. The highest BCUT2D eigenvalue weighted by Crippen LogP contribution is 1.89. The Labute approximate surface area is 66.7 Å². The van der Waals surface area contributed by atoms with Gasteiger partial charge in [0.25, 0.3) is 5.95 Å². The quantitative estimate of drug-likeness (QED) is 0.398. The number of rotatable bonds is 3. The van der Waals surface area contributed by atoms with Gasteiger partial charge < -0.3 is 5.11 Å². The van der Waals surface area contributed by atoms with Crippen LogP contribution in [0.15, 0.2) is 5.10 Å². The van der Waals surface area contributed by atoms with Crippen molar-refractivity contribution in [3.8, 4) is 0 Å². The van der Waals surface area contributed by atoms with Gasteiger partial charge in [-0.1, -0.05) is 5.10 Å². The first kappa shape index (κ1) is 8.11. The molecule has 0 saturated heterocycles. The van der Waals surface area contributed by atoms with E-state index in [1.54, 1.807) is 0 Å². The molecule has 0 aromatic carbocycles. The van der Waals surface area contributed by atoms with Gasteiger partial charge in [0, 0.05) is 0 Å². The number of aliphatic carboxylic acids is 1. The van der Waals surface area contributed by atoms with Crippen molar-refractivity contribution >= 4 is 17.6 Å². The second-order valence-corrected chi connectivity index (χ2v) is 1.85. The van der Waals surface area contributed by atoms with Gasteiger partial charge in [-0.15, -0.1) is 5.10 Å². The molecule has 0 amide bonds. The summed E-state index contributed by atoms with van der Waals surface area (Å²) in [6.07, 6.45) is 0.